The Morgan fingerprint density at radius 1 is 1.05 bits per heavy atom. The summed E-state index contributed by atoms with van der Waals surface area (Å²) in [5.74, 6) is 0. The van der Waals surface area contributed by atoms with Crippen molar-refractivity contribution < 1.29 is 13.2 Å². The van der Waals surface area contributed by atoms with Crippen molar-refractivity contribution >= 4 is 5.69 Å². The molecule has 0 N–H and O–H groups in total. The highest BCUT2D eigenvalue weighted by Crippen LogP contribution is 2.20. The molecule has 1 aliphatic rings. The number of piperazine rings is 1. The first-order chi connectivity index (χ1) is 8.98. The van der Waals surface area contributed by atoms with Crippen LogP contribution >= 0.6 is 0 Å². The Morgan fingerprint density at radius 3 is 2.11 bits per heavy atom. The van der Waals surface area contributed by atoms with E-state index in [1.807, 2.05) is 23.1 Å². The van der Waals surface area contributed by atoms with Gasteiger partial charge in [0, 0.05) is 31.9 Å². The maximum Gasteiger partial charge on any atom is 0.401 e. The maximum absolute atomic E-state index is 12.3. The number of nitriles is 1. The molecule has 0 atom stereocenters. The number of anilines is 1. The van der Waals surface area contributed by atoms with Crippen molar-refractivity contribution in [1.29, 1.82) is 5.26 Å². The fourth-order valence-electron chi connectivity index (χ4n) is 2.16. The van der Waals surface area contributed by atoms with Gasteiger partial charge in [0.1, 0.15) is 0 Å². The van der Waals surface area contributed by atoms with Gasteiger partial charge in [-0.15, -0.1) is 0 Å². The minimum atomic E-state index is -4.13. The third-order valence-corrected chi connectivity index (χ3v) is 3.14. The molecule has 6 heteroatoms. The molecule has 0 aliphatic carbocycles. The van der Waals surface area contributed by atoms with E-state index in [2.05, 4.69) is 0 Å². The number of nitrogens with zero attached hydrogens (tertiary/aromatic N) is 3. The zero-order valence-corrected chi connectivity index (χ0v) is 10.3. The van der Waals surface area contributed by atoms with Crippen molar-refractivity contribution in [2.24, 2.45) is 0 Å². The van der Waals surface area contributed by atoms with Crippen molar-refractivity contribution in [1.82, 2.24) is 4.90 Å². The summed E-state index contributed by atoms with van der Waals surface area (Å²) in [6.07, 6.45) is -4.13. The summed E-state index contributed by atoms with van der Waals surface area (Å²) in [6.45, 7) is 1.11. The normalized spacial score (nSPS) is 17.3. The van der Waals surface area contributed by atoms with E-state index < -0.39 is 12.7 Å². The Morgan fingerprint density at radius 2 is 1.63 bits per heavy atom. The van der Waals surface area contributed by atoms with Crippen molar-refractivity contribution in [2.75, 3.05) is 37.6 Å². The van der Waals surface area contributed by atoms with Gasteiger partial charge in [0.15, 0.2) is 0 Å². The largest absolute Gasteiger partial charge is 0.401 e. The molecule has 0 saturated carbocycles. The second-order valence-electron chi connectivity index (χ2n) is 4.54. The molecule has 0 spiro atoms. The Kier molecular flexibility index (Phi) is 3.96. The van der Waals surface area contributed by atoms with Gasteiger partial charge in [-0.05, 0) is 24.3 Å². The van der Waals surface area contributed by atoms with Gasteiger partial charge in [-0.1, -0.05) is 0 Å². The topological polar surface area (TPSA) is 30.3 Å². The molecule has 1 aliphatic heterocycles. The van der Waals surface area contributed by atoms with E-state index in [-0.39, 0.29) is 0 Å². The van der Waals surface area contributed by atoms with Gasteiger partial charge in [-0.2, -0.15) is 18.4 Å². The molecule has 1 heterocycles. The molecule has 102 valence electrons. The van der Waals surface area contributed by atoms with E-state index in [1.54, 1.807) is 12.1 Å². The van der Waals surface area contributed by atoms with Gasteiger partial charge in [0.25, 0.3) is 0 Å². The lowest BCUT2D eigenvalue weighted by Gasteiger charge is -2.36. The Hall–Kier alpha value is -1.74. The molecule has 0 unspecified atom stereocenters. The standard InChI is InChI=1S/C13H14F3N3/c14-13(15,16)10-18-5-7-19(8-6-18)12-3-1-11(9-17)2-4-12/h1-4H,5-8,10H2. The number of halogens is 3. The van der Waals surface area contributed by atoms with E-state index in [1.165, 1.54) is 4.90 Å². The minimum absolute atomic E-state index is 0.402. The average molecular weight is 269 g/mol. The summed E-state index contributed by atoms with van der Waals surface area (Å²) in [6, 6.07) is 9.14. The molecule has 2 rings (SSSR count). The first kappa shape index (κ1) is 13.7. The van der Waals surface area contributed by atoms with Crippen LogP contribution in [0.3, 0.4) is 0 Å². The summed E-state index contributed by atoms with van der Waals surface area (Å²) >= 11 is 0. The lowest BCUT2D eigenvalue weighted by atomic mass is 10.2. The van der Waals surface area contributed by atoms with E-state index in [0.29, 0.717) is 31.7 Å². The fraction of sp³-hybridized carbons (Fsp3) is 0.462. The molecule has 0 aromatic heterocycles. The highest BCUT2D eigenvalue weighted by molar-refractivity contribution is 5.50. The van der Waals surface area contributed by atoms with Gasteiger partial charge >= 0.3 is 6.18 Å². The monoisotopic (exact) mass is 269 g/mol. The van der Waals surface area contributed by atoms with Crippen LogP contribution in [0.5, 0.6) is 0 Å². The van der Waals surface area contributed by atoms with Gasteiger partial charge in [-0.25, -0.2) is 0 Å². The summed E-state index contributed by atoms with van der Waals surface area (Å²) in [5, 5.41) is 8.70. The molecule has 1 aromatic rings. The van der Waals surface area contributed by atoms with Gasteiger partial charge in [0.2, 0.25) is 0 Å². The number of benzene rings is 1. The molecule has 1 aromatic carbocycles. The van der Waals surface area contributed by atoms with Crippen LogP contribution in [0.2, 0.25) is 0 Å². The van der Waals surface area contributed by atoms with Crippen LogP contribution < -0.4 is 4.90 Å². The van der Waals surface area contributed by atoms with Crippen LogP contribution in [-0.4, -0.2) is 43.8 Å². The lowest BCUT2D eigenvalue weighted by Crippen LogP contribution is -2.49. The Balaban J connectivity index is 1.91. The van der Waals surface area contributed by atoms with Crippen LogP contribution in [0.4, 0.5) is 18.9 Å². The number of alkyl halides is 3. The Bertz CT molecular complexity index is 454. The van der Waals surface area contributed by atoms with Crippen molar-refractivity contribution in [3.8, 4) is 6.07 Å². The zero-order chi connectivity index (χ0) is 13.9. The molecule has 3 nitrogen and oxygen atoms in total. The summed E-state index contributed by atoms with van der Waals surface area (Å²) < 4.78 is 36.8. The third kappa shape index (κ3) is 3.86. The van der Waals surface area contributed by atoms with Crippen LogP contribution in [0.1, 0.15) is 5.56 Å². The highest BCUT2D eigenvalue weighted by atomic mass is 19.4. The minimum Gasteiger partial charge on any atom is -0.369 e. The summed E-state index contributed by atoms with van der Waals surface area (Å²) in [7, 11) is 0. The predicted octanol–water partition coefficient (Wildman–Crippen LogP) is 2.24. The zero-order valence-electron chi connectivity index (χ0n) is 10.3. The predicted molar refractivity (Wildman–Crippen MR) is 65.9 cm³/mol. The van der Waals surface area contributed by atoms with Crippen molar-refractivity contribution in [3.05, 3.63) is 29.8 Å². The Labute approximate surface area is 109 Å². The van der Waals surface area contributed by atoms with Gasteiger partial charge in [0.05, 0.1) is 18.2 Å². The third-order valence-electron chi connectivity index (χ3n) is 3.14. The molecule has 1 fully saturated rings. The molecule has 0 bridgehead atoms. The second kappa shape index (κ2) is 5.49. The van der Waals surface area contributed by atoms with E-state index >= 15 is 0 Å². The quantitative estimate of drug-likeness (QED) is 0.825. The van der Waals surface area contributed by atoms with Crippen LogP contribution in [-0.2, 0) is 0 Å². The molecule has 1 saturated heterocycles. The fourth-order valence-corrected chi connectivity index (χ4v) is 2.16. The number of hydrogen-bond donors (Lipinski definition) is 0. The molecular formula is C13H14F3N3. The van der Waals surface area contributed by atoms with Gasteiger partial charge in [-0.3, -0.25) is 4.90 Å². The molecular weight excluding hydrogens is 255 g/mol. The number of hydrogen-bond acceptors (Lipinski definition) is 3. The smallest absolute Gasteiger partial charge is 0.369 e. The first-order valence-corrected chi connectivity index (χ1v) is 6.02. The van der Waals surface area contributed by atoms with Crippen molar-refractivity contribution in [3.63, 3.8) is 0 Å². The second-order valence-corrected chi connectivity index (χ2v) is 4.54. The molecule has 19 heavy (non-hydrogen) atoms. The average Bonchev–Trinajstić information content (AvgIpc) is 2.38. The maximum atomic E-state index is 12.3. The highest BCUT2D eigenvalue weighted by Gasteiger charge is 2.32. The SMILES string of the molecule is N#Cc1ccc(N2CCN(CC(F)(F)F)CC2)cc1. The molecule has 0 radical (unpaired) electrons. The van der Waals surface area contributed by atoms with Crippen LogP contribution in [0.25, 0.3) is 0 Å². The lowest BCUT2D eigenvalue weighted by molar-refractivity contribution is -0.146. The number of rotatable bonds is 2. The molecule has 0 amide bonds. The summed E-state index contributed by atoms with van der Waals surface area (Å²) in [4.78, 5) is 3.45. The van der Waals surface area contributed by atoms with Crippen LogP contribution in [0.15, 0.2) is 24.3 Å². The van der Waals surface area contributed by atoms with E-state index in [9.17, 15) is 13.2 Å². The first-order valence-electron chi connectivity index (χ1n) is 6.02. The van der Waals surface area contributed by atoms with Crippen molar-refractivity contribution in [2.45, 2.75) is 6.18 Å². The van der Waals surface area contributed by atoms with E-state index in [0.717, 1.165) is 5.69 Å². The van der Waals surface area contributed by atoms with Gasteiger partial charge < -0.3 is 4.90 Å². The summed E-state index contributed by atoms with van der Waals surface area (Å²) in [5.41, 5.74) is 1.53. The van der Waals surface area contributed by atoms with Crippen LogP contribution in [0, 0.1) is 11.3 Å². The van der Waals surface area contributed by atoms with E-state index in [4.69, 9.17) is 5.26 Å².